The number of nitrogens with two attached hydrogens (primary N) is 1. The molecule has 7 heteroatoms. The summed E-state index contributed by atoms with van der Waals surface area (Å²) in [7, 11) is 0. The zero-order valence-electron chi connectivity index (χ0n) is 15.8. The summed E-state index contributed by atoms with van der Waals surface area (Å²) in [6.07, 6.45) is -0.452. The van der Waals surface area contributed by atoms with Gasteiger partial charge in [0.1, 0.15) is 11.9 Å². The molecular weight excluding hydrogens is 354 g/mol. The van der Waals surface area contributed by atoms with Crippen LogP contribution < -0.4 is 15.5 Å². The van der Waals surface area contributed by atoms with Crippen LogP contribution in [0.1, 0.15) is 5.56 Å². The molecule has 2 fully saturated rings. The van der Waals surface area contributed by atoms with Crippen LogP contribution in [-0.2, 0) is 4.74 Å². The number of carbonyl (C=O) groups excluding carboxylic acids is 1. The molecule has 1 atom stereocenters. The minimum Gasteiger partial charge on any atom is -0.443 e. The maximum absolute atomic E-state index is 12.3. The minimum absolute atomic E-state index is 0.0167. The predicted molar refractivity (Wildman–Crippen MR) is 110 cm³/mol. The van der Waals surface area contributed by atoms with Crippen molar-refractivity contribution in [2.45, 2.75) is 6.10 Å². The molecule has 0 spiro atoms. The standard InChI is InChI=1S/C21H25N5O2/c22-20(23)16-6-8-18(9-7-16)26-15-19(28-21(26)27)14-24-10-12-25(13-11-24)17-4-2-1-3-5-17/h1-9,19H,10-15H2,(H3,22,23). The Bertz CT molecular complexity index is 832. The first-order valence-corrected chi connectivity index (χ1v) is 9.55. The summed E-state index contributed by atoms with van der Waals surface area (Å²) in [5.41, 5.74) is 8.16. The number of cyclic esters (lactones) is 1. The normalized spacial score (nSPS) is 20.3. The maximum atomic E-state index is 12.3. The first-order chi connectivity index (χ1) is 13.6. The zero-order valence-corrected chi connectivity index (χ0v) is 15.8. The molecular formula is C21H25N5O2. The van der Waals surface area contributed by atoms with Crippen molar-refractivity contribution in [3.05, 3.63) is 60.2 Å². The number of nitrogen functional groups attached to an aromatic ring is 1. The molecule has 0 saturated carbocycles. The fourth-order valence-corrected chi connectivity index (χ4v) is 3.76. The van der Waals surface area contributed by atoms with Crippen LogP contribution in [0.5, 0.6) is 0 Å². The van der Waals surface area contributed by atoms with Crippen LogP contribution in [0.15, 0.2) is 54.6 Å². The van der Waals surface area contributed by atoms with Gasteiger partial charge in [0.15, 0.2) is 0 Å². The Hall–Kier alpha value is -3.06. The number of ether oxygens (including phenoxy) is 1. The predicted octanol–water partition coefficient (Wildman–Crippen LogP) is 2.12. The highest BCUT2D eigenvalue weighted by Gasteiger charge is 2.34. The summed E-state index contributed by atoms with van der Waals surface area (Å²) in [5.74, 6) is 0.0167. The number of rotatable bonds is 5. The van der Waals surface area contributed by atoms with E-state index in [1.807, 2.05) is 6.07 Å². The van der Waals surface area contributed by atoms with Crippen LogP contribution in [0.25, 0.3) is 0 Å². The maximum Gasteiger partial charge on any atom is 0.414 e. The van der Waals surface area contributed by atoms with Crippen LogP contribution >= 0.6 is 0 Å². The molecule has 2 aliphatic rings. The quantitative estimate of drug-likeness (QED) is 0.614. The van der Waals surface area contributed by atoms with E-state index in [1.165, 1.54) is 5.69 Å². The van der Waals surface area contributed by atoms with Crippen molar-refractivity contribution >= 4 is 23.3 Å². The van der Waals surface area contributed by atoms with Crippen molar-refractivity contribution in [2.24, 2.45) is 5.73 Å². The van der Waals surface area contributed by atoms with Crippen molar-refractivity contribution in [1.29, 1.82) is 5.41 Å². The third-order valence-electron chi connectivity index (χ3n) is 5.32. The molecule has 3 N–H and O–H groups in total. The molecule has 7 nitrogen and oxygen atoms in total. The Morgan fingerprint density at radius 2 is 1.68 bits per heavy atom. The number of hydrogen-bond donors (Lipinski definition) is 2. The number of amidine groups is 1. The Morgan fingerprint density at radius 1 is 1.00 bits per heavy atom. The summed E-state index contributed by atoms with van der Waals surface area (Å²) in [6.45, 7) is 5.14. The summed E-state index contributed by atoms with van der Waals surface area (Å²) in [4.78, 5) is 18.7. The Balaban J connectivity index is 1.31. The van der Waals surface area contributed by atoms with Gasteiger partial charge in [0.2, 0.25) is 0 Å². The number of nitrogens with one attached hydrogen (secondary N) is 1. The number of benzene rings is 2. The Labute approximate surface area is 164 Å². The highest BCUT2D eigenvalue weighted by Crippen LogP contribution is 2.23. The number of amides is 1. The van der Waals surface area contributed by atoms with Gasteiger partial charge >= 0.3 is 6.09 Å². The fourth-order valence-electron chi connectivity index (χ4n) is 3.76. The van der Waals surface area contributed by atoms with Crippen molar-refractivity contribution in [3.63, 3.8) is 0 Å². The van der Waals surface area contributed by atoms with Crippen molar-refractivity contribution in [1.82, 2.24) is 4.90 Å². The molecule has 0 radical (unpaired) electrons. The second kappa shape index (κ2) is 7.90. The minimum atomic E-state index is -0.316. The molecule has 0 aliphatic carbocycles. The number of hydrogen-bond acceptors (Lipinski definition) is 5. The van der Waals surface area contributed by atoms with Gasteiger partial charge in [-0.25, -0.2) is 4.79 Å². The molecule has 1 unspecified atom stereocenters. The lowest BCUT2D eigenvalue weighted by molar-refractivity contribution is 0.106. The van der Waals surface area contributed by atoms with Gasteiger partial charge in [-0.3, -0.25) is 15.2 Å². The smallest absolute Gasteiger partial charge is 0.414 e. The lowest BCUT2D eigenvalue weighted by atomic mass is 10.2. The fraction of sp³-hybridized carbons (Fsp3) is 0.333. The number of carbonyl (C=O) groups is 1. The van der Waals surface area contributed by atoms with Crippen LogP contribution in [0.4, 0.5) is 16.2 Å². The molecule has 4 rings (SSSR count). The van der Waals surface area contributed by atoms with Gasteiger partial charge in [0.25, 0.3) is 0 Å². The van der Waals surface area contributed by atoms with E-state index in [0.717, 1.165) is 38.4 Å². The summed E-state index contributed by atoms with van der Waals surface area (Å²) in [6, 6.07) is 17.6. The molecule has 2 heterocycles. The third kappa shape index (κ3) is 3.94. The van der Waals surface area contributed by atoms with E-state index in [0.29, 0.717) is 12.1 Å². The number of para-hydroxylation sites is 1. The van der Waals surface area contributed by atoms with Crippen molar-refractivity contribution in [3.8, 4) is 0 Å². The van der Waals surface area contributed by atoms with E-state index in [9.17, 15) is 4.79 Å². The molecule has 2 aromatic carbocycles. The molecule has 146 valence electrons. The van der Waals surface area contributed by atoms with E-state index in [1.54, 1.807) is 29.2 Å². The Morgan fingerprint density at radius 3 is 2.32 bits per heavy atom. The van der Waals surface area contributed by atoms with E-state index in [4.69, 9.17) is 15.9 Å². The van der Waals surface area contributed by atoms with Gasteiger partial charge in [0.05, 0.1) is 6.54 Å². The first-order valence-electron chi connectivity index (χ1n) is 9.55. The summed E-state index contributed by atoms with van der Waals surface area (Å²) >= 11 is 0. The molecule has 0 aromatic heterocycles. The zero-order chi connectivity index (χ0) is 19.5. The van der Waals surface area contributed by atoms with Gasteiger partial charge in [-0.2, -0.15) is 0 Å². The SMILES string of the molecule is N=C(N)c1ccc(N2CC(CN3CCN(c4ccccc4)CC3)OC2=O)cc1. The largest absolute Gasteiger partial charge is 0.443 e. The highest BCUT2D eigenvalue weighted by atomic mass is 16.6. The highest BCUT2D eigenvalue weighted by molar-refractivity contribution is 5.96. The van der Waals surface area contributed by atoms with Crippen LogP contribution in [0, 0.1) is 5.41 Å². The summed E-state index contributed by atoms with van der Waals surface area (Å²) < 4.78 is 5.59. The lowest BCUT2D eigenvalue weighted by Crippen LogP contribution is -2.49. The molecule has 28 heavy (non-hydrogen) atoms. The monoisotopic (exact) mass is 379 g/mol. The number of nitrogens with zero attached hydrogens (tertiary/aromatic N) is 3. The number of anilines is 2. The molecule has 1 amide bonds. The molecule has 2 saturated heterocycles. The van der Waals surface area contributed by atoms with Crippen LogP contribution in [-0.4, -0.2) is 62.2 Å². The van der Waals surface area contributed by atoms with E-state index in [-0.39, 0.29) is 18.0 Å². The van der Waals surface area contributed by atoms with E-state index >= 15 is 0 Å². The average molecular weight is 379 g/mol. The first kappa shape index (κ1) is 18.3. The van der Waals surface area contributed by atoms with Gasteiger partial charge < -0.3 is 15.4 Å². The van der Waals surface area contributed by atoms with E-state index < -0.39 is 0 Å². The van der Waals surface area contributed by atoms with Crippen LogP contribution in [0.3, 0.4) is 0 Å². The van der Waals surface area contributed by atoms with Gasteiger partial charge in [0, 0.05) is 49.7 Å². The Kier molecular flexibility index (Phi) is 5.16. The van der Waals surface area contributed by atoms with Crippen LogP contribution in [0.2, 0.25) is 0 Å². The van der Waals surface area contributed by atoms with E-state index in [2.05, 4.69) is 34.1 Å². The molecule has 2 aromatic rings. The second-order valence-corrected chi connectivity index (χ2v) is 7.20. The second-order valence-electron chi connectivity index (χ2n) is 7.20. The van der Waals surface area contributed by atoms with Gasteiger partial charge in [-0.05, 0) is 36.4 Å². The average Bonchev–Trinajstić information content (AvgIpc) is 3.09. The topological polar surface area (TPSA) is 85.9 Å². The van der Waals surface area contributed by atoms with Crippen molar-refractivity contribution < 1.29 is 9.53 Å². The lowest BCUT2D eigenvalue weighted by Gasteiger charge is -2.36. The molecule has 0 bridgehead atoms. The van der Waals surface area contributed by atoms with Gasteiger partial charge in [-0.15, -0.1) is 0 Å². The number of piperazine rings is 1. The van der Waals surface area contributed by atoms with Gasteiger partial charge in [-0.1, -0.05) is 18.2 Å². The van der Waals surface area contributed by atoms with Crippen molar-refractivity contribution in [2.75, 3.05) is 49.1 Å². The molecule has 2 aliphatic heterocycles. The summed E-state index contributed by atoms with van der Waals surface area (Å²) in [5, 5.41) is 7.46. The third-order valence-corrected chi connectivity index (χ3v) is 5.32.